The van der Waals surface area contributed by atoms with Crippen LogP contribution >= 0.6 is 7.82 Å². The summed E-state index contributed by atoms with van der Waals surface area (Å²) in [5.74, 6) is -0.836. The summed E-state index contributed by atoms with van der Waals surface area (Å²) >= 11 is 0. The van der Waals surface area contributed by atoms with E-state index in [2.05, 4.69) is 26.0 Å². The number of carbonyl (C=O) groups excluding carboxylic acids is 2. The summed E-state index contributed by atoms with van der Waals surface area (Å²) in [7, 11) is 1.17. The molecule has 0 radical (unpaired) electrons. The molecule has 0 aromatic heterocycles. The summed E-state index contributed by atoms with van der Waals surface area (Å²) in [6.07, 6.45) is 35.3. The maximum Gasteiger partial charge on any atom is 0.306 e. The van der Waals surface area contributed by atoms with Crippen LogP contribution in [-0.4, -0.2) is 70.0 Å². The van der Waals surface area contributed by atoms with Crippen LogP contribution in [0.25, 0.3) is 0 Å². The maximum atomic E-state index is 12.6. The van der Waals surface area contributed by atoms with E-state index in [1.165, 1.54) is 116 Å². The number of hydrogen-bond acceptors (Lipinski definition) is 8. The van der Waals surface area contributed by atoms with Crippen molar-refractivity contribution in [3.05, 3.63) is 12.2 Å². The molecule has 0 amide bonds. The molecule has 0 N–H and O–H groups in total. The van der Waals surface area contributed by atoms with Gasteiger partial charge in [-0.2, -0.15) is 0 Å². The summed E-state index contributed by atoms with van der Waals surface area (Å²) in [5.41, 5.74) is 0. The minimum Gasteiger partial charge on any atom is -0.756 e. The van der Waals surface area contributed by atoms with E-state index >= 15 is 0 Å². The predicted octanol–water partition coefficient (Wildman–Crippen LogP) is 11.2. The van der Waals surface area contributed by atoms with E-state index < -0.39 is 26.5 Å². The van der Waals surface area contributed by atoms with Gasteiger partial charge in [0, 0.05) is 12.8 Å². The first-order valence-corrected chi connectivity index (χ1v) is 22.9. The van der Waals surface area contributed by atoms with Gasteiger partial charge in [-0.05, 0) is 38.5 Å². The summed E-state index contributed by atoms with van der Waals surface area (Å²) in [6.45, 7) is 4.21. The van der Waals surface area contributed by atoms with Crippen LogP contribution in [0, 0.1) is 0 Å². The fourth-order valence-electron chi connectivity index (χ4n) is 5.88. The molecule has 0 heterocycles. The summed E-state index contributed by atoms with van der Waals surface area (Å²) < 4.78 is 33.8. The smallest absolute Gasteiger partial charge is 0.306 e. The lowest BCUT2D eigenvalue weighted by Crippen LogP contribution is -2.37. The number of unbranched alkanes of at least 4 members (excludes halogenated alkanes) is 23. The molecule has 0 saturated carbocycles. The standard InChI is InChI=1S/C42H82NO8P/c1-6-8-10-12-14-16-17-18-19-20-21-22-23-24-25-27-29-31-33-35-42(45)51-40(39-50-52(46,47)49-37-36-43(3,4)5)38-48-41(44)34-32-30-28-26-15-13-11-9-7-2/h20-21,40H,6-19,22-39H2,1-5H3/b21-20-/t40-/m1/s1. The van der Waals surface area contributed by atoms with Crippen molar-refractivity contribution < 1.29 is 42.1 Å². The molecule has 1 unspecified atom stereocenters. The molecule has 0 spiro atoms. The van der Waals surface area contributed by atoms with E-state index in [4.69, 9.17) is 18.5 Å². The lowest BCUT2D eigenvalue weighted by atomic mass is 10.1. The van der Waals surface area contributed by atoms with Gasteiger partial charge in [-0.25, -0.2) is 0 Å². The molecule has 308 valence electrons. The van der Waals surface area contributed by atoms with E-state index in [1.54, 1.807) is 0 Å². The number of allylic oxidation sites excluding steroid dienone is 2. The molecular formula is C42H82NO8P. The number of nitrogens with zero attached hydrogens (tertiary/aromatic N) is 1. The monoisotopic (exact) mass is 760 g/mol. The molecule has 2 atom stereocenters. The van der Waals surface area contributed by atoms with Crippen molar-refractivity contribution in [1.29, 1.82) is 0 Å². The average molecular weight is 760 g/mol. The molecular weight excluding hydrogens is 677 g/mol. The van der Waals surface area contributed by atoms with Gasteiger partial charge in [0.25, 0.3) is 7.82 Å². The van der Waals surface area contributed by atoms with E-state index in [1.807, 2.05) is 21.1 Å². The molecule has 9 nitrogen and oxygen atoms in total. The third-order valence-corrected chi connectivity index (χ3v) is 10.2. The highest BCUT2D eigenvalue weighted by Gasteiger charge is 2.21. The normalized spacial score (nSPS) is 13.7. The van der Waals surface area contributed by atoms with Gasteiger partial charge in [0.15, 0.2) is 6.10 Å². The Kier molecular flexibility index (Phi) is 34.6. The zero-order valence-corrected chi connectivity index (χ0v) is 35.4. The number of quaternary nitrogens is 1. The summed E-state index contributed by atoms with van der Waals surface area (Å²) in [6, 6.07) is 0. The van der Waals surface area contributed by atoms with Crippen molar-refractivity contribution in [1.82, 2.24) is 0 Å². The van der Waals surface area contributed by atoms with Crippen LogP contribution in [0.2, 0.25) is 0 Å². The molecule has 0 bridgehead atoms. The van der Waals surface area contributed by atoms with Gasteiger partial charge in [-0.15, -0.1) is 0 Å². The predicted molar refractivity (Wildman–Crippen MR) is 213 cm³/mol. The lowest BCUT2D eigenvalue weighted by molar-refractivity contribution is -0.870. The Balaban J connectivity index is 4.29. The van der Waals surface area contributed by atoms with Crippen LogP contribution in [-0.2, 0) is 32.7 Å². The Bertz CT molecular complexity index is 907. The van der Waals surface area contributed by atoms with Gasteiger partial charge in [-0.3, -0.25) is 14.2 Å². The molecule has 0 aromatic rings. The molecule has 0 aliphatic heterocycles. The van der Waals surface area contributed by atoms with Gasteiger partial charge in [0.2, 0.25) is 0 Å². The Morgan fingerprint density at radius 1 is 0.577 bits per heavy atom. The van der Waals surface area contributed by atoms with Crippen LogP contribution in [0.5, 0.6) is 0 Å². The van der Waals surface area contributed by atoms with Gasteiger partial charge in [-0.1, -0.05) is 154 Å². The largest absolute Gasteiger partial charge is 0.756 e. The fourth-order valence-corrected chi connectivity index (χ4v) is 6.61. The van der Waals surface area contributed by atoms with E-state index in [9.17, 15) is 19.0 Å². The van der Waals surface area contributed by atoms with Gasteiger partial charge >= 0.3 is 11.9 Å². The Morgan fingerprint density at radius 2 is 0.981 bits per heavy atom. The van der Waals surface area contributed by atoms with Crippen LogP contribution < -0.4 is 4.89 Å². The van der Waals surface area contributed by atoms with Gasteiger partial charge in [0.1, 0.15) is 19.8 Å². The Hall–Kier alpha value is -1.25. The zero-order valence-electron chi connectivity index (χ0n) is 34.5. The second-order valence-electron chi connectivity index (χ2n) is 15.7. The minimum absolute atomic E-state index is 0.0289. The highest BCUT2D eigenvalue weighted by Crippen LogP contribution is 2.38. The zero-order chi connectivity index (χ0) is 38.6. The highest BCUT2D eigenvalue weighted by molar-refractivity contribution is 7.45. The van der Waals surface area contributed by atoms with E-state index in [0.29, 0.717) is 17.4 Å². The average Bonchev–Trinajstić information content (AvgIpc) is 3.09. The number of phosphoric ester groups is 1. The molecule has 10 heteroatoms. The van der Waals surface area contributed by atoms with Crippen molar-refractivity contribution >= 4 is 19.8 Å². The third-order valence-electron chi connectivity index (χ3n) is 9.29. The van der Waals surface area contributed by atoms with E-state index in [0.717, 1.165) is 44.9 Å². The minimum atomic E-state index is -4.61. The van der Waals surface area contributed by atoms with Crippen molar-refractivity contribution in [2.45, 2.75) is 200 Å². The molecule has 0 fully saturated rings. The van der Waals surface area contributed by atoms with Crippen LogP contribution in [0.3, 0.4) is 0 Å². The first-order valence-electron chi connectivity index (χ1n) is 21.4. The number of hydrogen-bond donors (Lipinski definition) is 0. The van der Waals surface area contributed by atoms with E-state index in [-0.39, 0.29) is 32.0 Å². The molecule has 0 aliphatic carbocycles. The number of likely N-dealkylation sites (N-methyl/N-ethyl adjacent to an activating group) is 1. The van der Waals surface area contributed by atoms with Crippen LogP contribution in [0.4, 0.5) is 0 Å². The van der Waals surface area contributed by atoms with Crippen molar-refractivity contribution in [2.24, 2.45) is 0 Å². The van der Waals surface area contributed by atoms with Gasteiger partial charge in [0.05, 0.1) is 27.7 Å². The molecule has 0 aromatic carbocycles. The number of rotatable bonds is 39. The molecule has 0 saturated heterocycles. The Labute approximate surface area is 320 Å². The highest BCUT2D eigenvalue weighted by atomic mass is 31.2. The quantitative estimate of drug-likeness (QED) is 0.0200. The van der Waals surface area contributed by atoms with Crippen LogP contribution in [0.1, 0.15) is 194 Å². The number of esters is 2. The second kappa shape index (κ2) is 35.5. The maximum absolute atomic E-state index is 12.6. The van der Waals surface area contributed by atoms with Crippen LogP contribution in [0.15, 0.2) is 12.2 Å². The molecule has 0 aliphatic rings. The van der Waals surface area contributed by atoms with Gasteiger partial charge < -0.3 is 27.9 Å². The second-order valence-corrected chi connectivity index (χ2v) is 17.1. The summed E-state index contributed by atoms with van der Waals surface area (Å²) in [5, 5.41) is 0. The van der Waals surface area contributed by atoms with Crippen molar-refractivity contribution in [3.63, 3.8) is 0 Å². The Morgan fingerprint density at radius 3 is 1.42 bits per heavy atom. The SMILES string of the molecule is CCCCCCCCCC/C=C\CCCCCCCCCC(=O)O[C@H](COC(=O)CCCCCCCCCCC)COP(=O)([O-])OCC[N+](C)(C)C. The first-order chi connectivity index (χ1) is 25.0. The number of ether oxygens (including phenoxy) is 2. The summed E-state index contributed by atoms with van der Waals surface area (Å²) in [4.78, 5) is 37.4. The fraction of sp³-hybridized carbons (Fsp3) is 0.905. The van der Waals surface area contributed by atoms with Crippen molar-refractivity contribution in [2.75, 3.05) is 47.5 Å². The molecule has 0 rings (SSSR count). The van der Waals surface area contributed by atoms with Crippen molar-refractivity contribution in [3.8, 4) is 0 Å². The third kappa shape index (κ3) is 38.5. The number of carbonyl (C=O) groups is 2. The molecule has 52 heavy (non-hydrogen) atoms. The lowest BCUT2D eigenvalue weighted by Gasteiger charge is -2.28. The first kappa shape index (κ1) is 50.8. The topological polar surface area (TPSA) is 111 Å². The number of phosphoric acid groups is 1.